The van der Waals surface area contributed by atoms with Gasteiger partial charge in [0.05, 0.1) is 23.3 Å². The Labute approximate surface area is 200 Å². The molecule has 3 aromatic rings. The fraction of sp³-hybridized carbons (Fsp3) is 0.429. The fourth-order valence-electron chi connectivity index (χ4n) is 4.01. The van der Waals surface area contributed by atoms with E-state index in [-0.39, 0.29) is 28.3 Å². The standard InChI is InChI=1S/C14H12F3N5OS.C7H10O4/c1-6-2-10(14(15,16)17)21-13-8(6)3-9(24-13)12(23)19-4-7-5-20-22-11(7)18;8-2-3-1-4-5(9)6(10)7(3)11-4/h2-3,5H,4H2,1H3,(H,19,23)(H3,18,20,22);2-7,9-10H,1H2/t;3-,4+,5+,6+,7-/m.1/s1. The van der Waals surface area contributed by atoms with Crippen LogP contribution >= 0.6 is 11.3 Å². The van der Waals surface area contributed by atoms with Crippen molar-refractivity contribution in [3.8, 4) is 0 Å². The van der Waals surface area contributed by atoms with Gasteiger partial charge in [0.25, 0.3) is 5.91 Å². The molecule has 2 bridgehead atoms. The molecule has 0 spiro atoms. The summed E-state index contributed by atoms with van der Waals surface area (Å²) in [5.74, 6) is -0.288. The van der Waals surface area contributed by atoms with E-state index in [1.54, 1.807) is 6.92 Å². The van der Waals surface area contributed by atoms with Gasteiger partial charge in [0.15, 0.2) is 0 Å². The summed E-state index contributed by atoms with van der Waals surface area (Å²) in [5.41, 5.74) is 5.70. The zero-order chi connectivity index (χ0) is 25.5. The molecule has 2 fully saturated rings. The summed E-state index contributed by atoms with van der Waals surface area (Å²) in [5, 5.41) is 27.9. The Hall–Kier alpha value is -3.07. The van der Waals surface area contributed by atoms with E-state index in [9.17, 15) is 33.0 Å². The number of carbonyl (C=O) groups excluding carboxylic acids is 2. The monoisotopic (exact) mass is 513 g/mol. The summed E-state index contributed by atoms with van der Waals surface area (Å²) in [6, 6.07) is 2.51. The molecule has 0 aliphatic carbocycles. The number of pyridine rings is 1. The van der Waals surface area contributed by atoms with E-state index in [2.05, 4.69) is 20.5 Å². The molecule has 3 aromatic heterocycles. The van der Waals surface area contributed by atoms with E-state index in [0.29, 0.717) is 28.8 Å². The number of nitrogen functional groups attached to an aromatic ring is 1. The van der Waals surface area contributed by atoms with Gasteiger partial charge in [-0.1, -0.05) is 0 Å². The zero-order valence-electron chi connectivity index (χ0n) is 18.2. The second kappa shape index (κ2) is 9.53. The van der Waals surface area contributed by atoms with Crippen LogP contribution in [0, 0.1) is 12.8 Å². The van der Waals surface area contributed by atoms with E-state index in [1.807, 2.05) is 0 Å². The predicted molar refractivity (Wildman–Crippen MR) is 118 cm³/mol. The van der Waals surface area contributed by atoms with Crippen molar-refractivity contribution >= 4 is 39.6 Å². The van der Waals surface area contributed by atoms with Crippen molar-refractivity contribution < 1.29 is 37.7 Å². The first-order valence-corrected chi connectivity index (χ1v) is 11.3. The van der Waals surface area contributed by atoms with Crippen molar-refractivity contribution in [2.75, 3.05) is 5.73 Å². The molecule has 5 heterocycles. The number of aldehydes is 1. The van der Waals surface area contributed by atoms with Crippen LogP contribution in [0.3, 0.4) is 0 Å². The molecular formula is C21H22F3N5O5S. The molecule has 2 aliphatic heterocycles. The lowest BCUT2D eigenvalue weighted by Crippen LogP contribution is -2.41. The minimum absolute atomic E-state index is 0.162. The van der Waals surface area contributed by atoms with Gasteiger partial charge in [0, 0.05) is 23.4 Å². The summed E-state index contributed by atoms with van der Waals surface area (Å²) >= 11 is 0.913. The number of rotatable bonds is 4. The summed E-state index contributed by atoms with van der Waals surface area (Å²) < 4.78 is 43.6. The molecule has 2 saturated heterocycles. The third-order valence-electron chi connectivity index (χ3n) is 5.92. The van der Waals surface area contributed by atoms with E-state index < -0.39 is 36.1 Å². The van der Waals surface area contributed by atoms with Gasteiger partial charge >= 0.3 is 6.18 Å². The van der Waals surface area contributed by atoms with Crippen LogP contribution in [0.5, 0.6) is 0 Å². The number of H-pyrrole nitrogens is 1. The number of fused-ring (bicyclic) bond motifs is 3. The number of aromatic nitrogens is 3. The normalized spacial score (nSPS) is 25.4. The number of thiophene rings is 1. The smallest absolute Gasteiger partial charge is 0.388 e. The lowest BCUT2D eigenvalue weighted by atomic mass is 9.86. The number of carbonyl (C=O) groups is 2. The van der Waals surface area contributed by atoms with Crippen LogP contribution in [0.2, 0.25) is 0 Å². The molecule has 0 aromatic carbocycles. The van der Waals surface area contributed by atoms with E-state index in [0.717, 1.165) is 23.7 Å². The SMILES string of the molecule is Cc1cc(C(F)(F)F)nc2sc(C(=O)NCc3cn[nH]c3N)cc12.O=C[C@H]1C[C@@H]2O[C@H]1[C@@H](O)[C@H]2O. The third kappa shape index (κ3) is 5.00. The molecule has 0 saturated carbocycles. The number of hydrogen-bond acceptors (Lipinski definition) is 9. The molecule has 35 heavy (non-hydrogen) atoms. The average Bonchev–Trinajstić information content (AvgIpc) is 3.57. The maximum atomic E-state index is 12.8. The van der Waals surface area contributed by atoms with Gasteiger partial charge in [0.2, 0.25) is 0 Å². The van der Waals surface area contributed by atoms with Crippen molar-refractivity contribution in [2.45, 2.75) is 50.5 Å². The Balaban J connectivity index is 0.000000218. The Bertz CT molecular complexity index is 1240. The van der Waals surface area contributed by atoms with Gasteiger partial charge in [-0.3, -0.25) is 9.89 Å². The van der Waals surface area contributed by atoms with Crippen LogP contribution in [0.25, 0.3) is 10.2 Å². The van der Waals surface area contributed by atoms with Crippen molar-refractivity contribution in [1.82, 2.24) is 20.5 Å². The molecule has 10 nitrogen and oxygen atoms in total. The summed E-state index contributed by atoms with van der Waals surface area (Å²) in [7, 11) is 0. The largest absolute Gasteiger partial charge is 0.433 e. The molecule has 5 rings (SSSR count). The van der Waals surface area contributed by atoms with Crippen LogP contribution in [-0.4, -0.2) is 62.0 Å². The van der Waals surface area contributed by atoms with Crippen molar-refractivity contribution in [3.05, 3.63) is 40.0 Å². The fourth-order valence-corrected chi connectivity index (χ4v) is 5.04. The lowest BCUT2D eigenvalue weighted by molar-refractivity contribution is -0.141. The van der Waals surface area contributed by atoms with Gasteiger partial charge in [-0.2, -0.15) is 18.3 Å². The highest BCUT2D eigenvalue weighted by Gasteiger charge is 2.53. The maximum absolute atomic E-state index is 12.8. The zero-order valence-corrected chi connectivity index (χ0v) is 19.1. The quantitative estimate of drug-likeness (QED) is 0.328. The number of hydrogen-bond donors (Lipinski definition) is 5. The molecule has 0 unspecified atom stereocenters. The predicted octanol–water partition coefficient (Wildman–Crippen LogP) is 1.55. The van der Waals surface area contributed by atoms with Crippen LogP contribution in [0.1, 0.15) is 32.9 Å². The molecule has 188 valence electrons. The second-order valence-electron chi connectivity index (χ2n) is 8.30. The summed E-state index contributed by atoms with van der Waals surface area (Å²) in [6.07, 6.45) is -4.16. The van der Waals surface area contributed by atoms with Crippen LogP contribution in [0.15, 0.2) is 18.3 Å². The maximum Gasteiger partial charge on any atom is 0.433 e. The second-order valence-corrected chi connectivity index (χ2v) is 9.33. The van der Waals surface area contributed by atoms with Gasteiger partial charge in [-0.15, -0.1) is 11.3 Å². The minimum atomic E-state index is -4.52. The number of nitrogens with one attached hydrogen (secondary N) is 2. The summed E-state index contributed by atoms with van der Waals surface area (Å²) in [4.78, 5) is 26.6. The number of nitrogens with two attached hydrogens (primary N) is 1. The van der Waals surface area contributed by atoms with E-state index >= 15 is 0 Å². The van der Waals surface area contributed by atoms with Crippen molar-refractivity contribution in [3.63, 3.8) is 0 Å². The first-order valence-electron chi connectivity index (χ1n) is 10.5. The Morgan fingerprint density at radius 3 is 2.69 bits per heavy atom. The van der Waals surface area contributed by atoms with Crippen LogP contribution in [-0.2, 0) is 22.3 Å². The highest BCUT2D eigenvalue weighted by Crippen LogP contribution is 2.38. The molecule has 2 aliphatic rings. The van der Waals surface area contributed by atoms with Gasteiger partial charge in [0.1, 0.15) is 34.8 Å². The van der Waals surface area contributed by atoms with E-state index in [1.165, 1.54) is 12.3 Å². The average molecular weight is 513 g/mol. The molecular weight excluding hydrogens is 491 g/mol. The number of ether oxygens (including phenoxy) is 1. The minimum Gasteiger partial charge on any atom is -0.388 e. The molecule has 6 N–H and O–H groups in total. The molecule has 0 radical (unpaired) electrons. The highest BCUT2D eigenvalue weighted by molar-refractivity contribution is 7.20. The summed E-state index contributed by atoms with van der Waals surface area (Å²) in [6.45, 7) is 1.72. The highest BCUT2D eigenvalue weighted by atomic mass is 32.1. The number of alkyl halides is 3. The number of aryl methyl sites for hydroxylation is 1. The third-order valence-corrected chi connectivity index (χ3v) is 6.95. The molecule has 5 atom stereocenters. The van der Waals surface area contributed by atoms with E-state index in [4.69, 9.17) is 10.5 Å². The van der Waals surface area contributed by atoms with Gasteiger partial charge < -0.3 is 30.8 Å². The van der Waals surface area contributed by atoms with Crippen LogP contribution in [0.4, 0.5) is 19.0 Å². The molecule has 14 heteroatoms. The van der Waals surface area contributed by atoms with Gasteiger partial charge in [-0.25, -0.2) is 4.98 Å². The number of nitrogens with zero attached hydrogens (tertiary/aromatic N) is 2. The number of amides is 1. The Morgan fingerprint density at radius 2 is 2.11 bits per heavy atom. The number of aliphatic hydroxyl groups is 2. The number of aromatic amines is 1. The first-order chi connectivity index (χ1) is 16.5. The lowest BCUT2D eigenvalue weighted by Gasteiger charge is -2.22. The topological polar surface area (TPSA) is 163 Å². The molecule has 1 amide bonds. The first kappa shape index (κ1) is 25.0. The number of aliphatic hydroxyl groups excluding tert-OH is 2. The van der Waals surface area contributed by atoms with Crippen LogP contribution < -0.4 is 11.1 Å². The van der Waals surface area contributed by atoms with Gasteiger partial charge in [-0.05, 0) is 31.0 Å². The van der Waals surface area contributed by atoms with Crippen molar-refractivity contribution in [2.24, 2.45) is 5.92 Å². The van der Waals surface area contributed by atoms with Crippen molar-refractivity contribution in [1.29, 1.82) is 0 Å². The number of anilines is 1. The number of halogens is 3. The Kier molecular flexibility index (Phi) is 6.81. The Morgan fingerprint density at radius 1 is 1.37 bits per heavy atom.